The van der Waals surface area contributed by atoms with Crippen molar-refractivity contribution in [3.63, 3.8) is 0 Å². The predicted molar refractivity (Wildman–Crippen MR) is 107 cm³/mol. The largest absolute Gasteiger partial charge is 0.366 e. The van der Waals surface area contributed by atoms with Gasteiger partial charge in [-0.15, -0.1) is 21.5 Å². The second-order valence-electron chi connectivity index (χ2n) is 5.66. The molecule has 2 amide bonds. The van der Waals surface area contributed by atoms with Crippen LogP contribution in [0.15, 0.2) is 46.9 Å². The maximum absolute atomic E-state index is 12.2. The van der Waals surface area contributed by atoms with Crippen LogP contribution in [0.1, 0.15) is 22.8 Å². The molecule has 2 aromatic heterocycles. The molecule has 0 fully saturated rings. The molecule has 0 unspecified atom stereocenters. The molecule has 0 spiro atoms. The molecule has 0 saturated carbocycles. The first-order valence-electron chi connectivity index (χ1n) is 8.33. The maximum Gasteiger partial charge on any atom is 0.248 e. The average molecular weight is 402 g/mol. The summed E-state index contributed by atoms with van der Waals surface area (Å²) in [4.78, 5) is 24.4. The molecular weight excluding hydrogens is 382 g/mol. The van der Waals surface area contributed by atoms with Gasteiger partial charge in [0, 0.05) is 18.7 Å². The van der Waals surface area contributed by atoms with Crippen LogP contribution in [-0.4, -0.2) is 32.3 Å². The summed E-state index contributed by atoms with van der Waals surface area (Å²) in [5.74, 6) is 0.448. The highest BCUT2D eigenvalue weighted by atomic mass is 32.2. The fourth-order valence-corrected chi connectivity index (χ4v) is 4.03. The van der Waals surface area contributed by atoms with E-state index in [0.717, 1.165) is 22.8 Å². The quantitative estimate of drug-likeness (QED) is 0.565. The van der Waals surface area contributed by atoms with E-state index in [2.05, 4.69) is 15.5 Å². The number of amides is 2. The Hall–Kier alpha value is -2.65. The van der Waals surface area contributed by atoms with Crippen LogP contribution < -0.4 is 11.1 Å². The van der Waals surface area contributed by atoms with Gasteiger partial charge in [-0.25, -0.2) is 0 Å². The number of nitrogens with zero attached hydrogens (tertiary/aromatic N) is 3. The second-order valence-corrected chi connectivity index (χ2v) is 7.55. The van der Waals surface area contributed by atoms with Gasteiger partial charge in [-0.3, -0.25) is 9.59 Å². The zero-order chi connectivity index (χ0) is 19.2. The van der Waals surface area contributed by atoms with E-state index >= 15 is 0 Å². The number of nitrogens with two attached hydrogens (primary N) is 1. The molecule has 0 aliphatic heterocycles. The second kappa shape index (κ2) is 8.83. The summed E-state index contributed by atoms with van der Waals surface area (Å²) in [5.41, 5.74) is 6.52. The zero-order valence-corrected chi connectivity index (χ0v) is 16.3. The molecule has 140 valence electrons. The minimum Gasteiger partial charge on any atom is -0.366 e. The first-order valence-corrected chi connectivity index (χ1v) is 10.2. The SMILES string of the molecule is CCn1c(SCC(=O)NCc2cccc(C(N)=O)c2)nnc1-c1cccs1. The van der Waals surface area contributed by atoms with E-state index in [1.54, 1.807) is 29.5 Å². The first kappa shape index (κ1) is 19.1. The lowest BCUT2D eigenvalue weighted by atomic mass is 10.1. The number of hydrogen-bond donors (Lipinski definition) is 2. The van der Waals surface area contributed by atoms with E-state index in [4.69, 9.17) is 5.73 Å². The van der Waals surface area contributed by atoms with Gasteiger partial charge >= 0.3 is 0 Å². The van der Waals surface area contributed by atoms with E-state index in [1.165, 1.54) is 11.8 Å². The Morgan fingerprint density at radius 1 is 1.26 bits per heavy atom. The molecule has 3 N–H and O–H groups in total. The van der Waals surface area contributed by atoms with Crippen molar-refractivity contribution in [2.24, 2.45) is 5.73 Å². The highest BCUT2D eigenvalue weighted by Crippen LogP contribution is 2.27. The van der Waals surface area contributed by atoms with Crippen molar-refractivity contribution in [1.29, 1.82) is 0 Å². The molecule has 1 aromatic carbocycles. The van der Waals surface area contributed by atoms with Crippen molar-refractivity contribution in [1.82, 2.24) is 20.1 Å². The summed E-state index contributed by atoms with van der Waals surface area (Å²) in [6.07, 6.45) is 0. The van der Waals surface area contributed by atoms with Gasteiger partial charge in [0.25, 0.3) is 0 Å². The highest BCUT2D eigenvalue weighted by Gasteiger charge is 2.15. The Bertz CT molecular complexity index is 937. The summed E-state index contributed by atoms with van der Waals surface area (Å²) in [6.45, 7) is 3.09. The van der Waals surface area contributed by atoms with Gasteiger partial charge in [0.2, 0.25) is 11.8 Å². The van der Waals surface area contributed by atoms with Crippen LogP contribution in [0.2, 0.25) is 0 Å². The van der Waals surface area contributed by atoms with Gasteiger partial charge in [0.05, 0.1) is 10.6 Å². The molecular formula is C18H19N5O2S2. The van der Waals surface area contributed by atoms with Crippen LogP contribution in [0.3, 0.4) is 0 Å². The van der Waals surface area contributed by atoms with Gasteiger partial charge in [-0.2, -0.15) is 0 Å². The molecule has 2 heterocycles. The van der Waals surface area contributed by atoms with Gasteiger partial charge in [-0.05, 0) is 36.1 Å². The molecule has 0 saturated heterocycles. The maximum atomic E-state index is 12.2. The summed E-state index contributed by atoms with van der Waals surface area (Å²) >= 11 is 2.96. The number of nitrogens with one attached hydrogen (secondary N) is 1. The average Bonchev–Trinajstić information content (AvgIpc) is 3.33. The molecule has 27 heavy (non-hydrogen) atoms. The number of hydrogen-bond acceptors (Lipinski definition) is 6. The number of carbonyl (C=O) groups is 2. The monoisotopic (exact) mass is 401 g/mol. The Balaban J connectivity index is 1.57. The Morgan fingerprint density at radius 3 is 2.81 bits per heavy atom. The van der Waals surface area contributed by atoms with E-state index in [0.29, 0.717) is 17.3 Å². The van der Waals surface area contributed by atoms with Crippen LogP contribution in [0.4, 0.5) is 0 Å². The Kier molecular flexibility index (Phi) is 6.25. The van der Waals surface area contributed by atoms with E-state index in [9.17, 15) is 9.59 Å². The van der Waals surface area contributed by atoms with Crippen molar-refractivity contribution in [3.8, 4) is 10.7 Å². The number of rotatable bonds is 8. The number of benzene rings is 1. The lowest BCUT2D eigenvalue weighted by molar-refractivity contribution is -0.118. The zero-order valence-electron chi connectivity index (χ0n) is 14.7. The fourth-order valence-electron chi connectivity index (χ4n) is 2.48. The van der Waals surface area contributed by atoms with Gasteiger partial charge in [0.1, 0.15) is 0 Å². The predicted octanol–water partition coefficient (Wildman–Crippen LogP) is 2.53. The van der Waals surface area contributed by atoms with Gasteiger partial charge in [0.15, 0.2) is 11.0 Å². The number of carbonyl (C=O) groups excluding carboxylic acids is 2. The third-order valence-corrected chi connectivity index (χ3v) is 5.64. The molecule has 0 bridgehead atoms. The number of thiophene rings is 1. The van der Waals surface area contributed by atoms with Crippen LogP contribution in [0.25, 0.3) is 10.7 Å². The van der Waals surface area contributed by atoms with E-state index in [-0.39, 0.29) is 11.7 Å². The Labute approximate surface area is 165 Å². The number of primary amides is 1. The smallest absolute Gasteiger partial charge is 0.248 e. The van der Waals surface area contributed by atoms with Crippen molar-refractivity contribution < 1.29 is 9.59 Å². The van der Waals surface area contributed by atoms with E-state index < -0.39 is 5.91 Å². The van der Waals surface area contributed by atoms with Crippen LogP contribution in [-0.2, 0) is 17.9 Å². The van der Waals surface area contributed by atoms with Crippen molar-refractivity contribution in [3.05, 3.63) is 52.9 Å². The normalized spacial score (nSPS) is 10.7. The molecule has 7 nitrogen and oxygen atoms in total. The van der Waals surface area contributed by atoms with Gasteiger partial charge in [-0.1, -0.05) is 30.0 Å². The lowest BCUT2D eigenvalue weighted by Crippen LogP contribution is -2.25. The standard InChI is InChI=1S/C18H19N5O2S2/c1-2-23-17(14-7-4-8-26-14)21-22-18(23)27-11-15(24)20-10-12-5-3-6-13(9-12)16(19)25/h3-9H,2,10-11H2,1H3,(H2,19,25)(H,20,24). The molecule has 3 aromatic rings. The summed E-state index contributed by atoms with van der Waals surface area (Å²) in [6, 6.07) is 10.9. The molecule has 9 heteroatoms. The van der Waals surface area contributed by atoms with Crippen LogP contribution in [0, 0.1) is 0 Å². The van der Waals surface area contributed by atoms with Crippen molar-refractivity contribution in [2.75, 3.05) is 5.75 Å². The van der Waals surface area contributed by atoms with Crippen molar-refractivity contribution >= 4 is 34.9 Å². The topological polar surface area (TPSA) is 103 Å². The third kappa shape index (κ3) is 4.75. The lowest BCUT2D eigenvalue weighted by Gasteiger charge is -2.07. The van der Waals surface area contributed by atoms with Crippen molar-refractivity contribution in [2.45, 2.75) is 25.2 Å². The first-order chi connectivity index (χ1) is 13.1. The molecule has 0 atom stereocenters. The summed E-state index contributed by atoms with van der Waals surface area (Å²) in [7, 11) is 0. The summed E-state index contributed by atoms with van der Waals surface area (Å²) < 4.78 is 2.00. The third-order valence-electron chi connectivity index (χ3n) is 3.81. The number of thioether (sulfide) groups is 1. The Morgan fingerprint density at radius 2 is 2.11 bits per heavy atom. The minimum atomic E-state index is -0.487. The van der Waals surface area contributed by atoms with Crippen LogP contribution >= 0.6 is 23.1 Å². The molecule has 3 rings (SSSR count). The van der Waals surface area contributed by atoms with E-state index in [1.807, 2.05) is 35.1 Å². The summed E-state index contributed by atoms with van der Waals surface area (Å²) in [5, 5.41) is 14.0. The molecule has 0 aliphatic rings. The fraction of sp³-hybridized carbons (Fsp3) is 0.222. The highest BCUT2D eigenvalue weighted by molar-refractivity contribution is 7.99. The van der Waals surface area contributed by atoms with Crippen LogP contribution in [0.5, 0.6) is 0 Å². The molecule has 0 aliphatic carbocycles. The molecule has 0 radical (unpaired) electrons. The minimum absolute atomic E-state index is 0.118. The van der Waals surface area contributed by atoms with Gasteiger partial charge < -0.3 is 15.6 Å². The number of aromatic nitrogens is 3.